The van der Waals surface area contributed by atoms with Crippen molar-refractivity contribution in [3.05, 3.63) is 22.8 Å². The predicted molar refractivity (Wildman–Crippen MR) is 68.0 cm³/mol. The third-order valence-corrected chi connectivity index (χ3v) is 4.65. The predicted octanol–water partition coefficient (Wildman–Crippen LogP) is 0.429. The molecule has 1 fully saturated rings. The minimum atomic E-state index is -2.88. The topological polar surface area (TPSA) is 76.3 Å². The molecular formula is C10H14ClN3O2S. The van der Waals surface area contributed by atoms with Crippen molar-refractivity contribution < 1.29 is 8.42 Å². The molecule has 2 N–H and O–H groups in total. The van der Waals surface area contributed by atoms with Crippen molar-refractivity contribution in [2.24, 2.45) is 5.73 Å². The van der Waals surface area contributed by atoms with E-state index in [1.165, 1.54) is 0 Å². The summed E-state index contributed by atoms with van der Waals surface area (Å²) in [7, 11) is -2.88. The molecule has 1 aromatic rings. The second-order valence-electron chi connectivity index (χ2n) is 3.99. The van der Waals surface area contributed by atoms with Gasteiger partial charge in [0.15, 0.2) is 9.84 Å². The van der Waals surface area contributed by atoms with Crippen LogP contribution in [0.25, 0.3) is 0 Å². The van der Waals surface area contributed by atoms with Gasteiger partial charge in [0.05, 0.1) is 16.5 Å². The molecule has 0 saturated carbocycles. The van der Waals surface area contributed by atoms with Gasteiger partial charge in [-0.25, -0.2) is 13.4 Å². The average Bonchev–Trinajstić information content (AvgIpc) is 2.29. The third kappa shape index (κ3) is 2.88. The van der Waals surface area contributed by atoms with E-state index in [2.05, 4.69) is 4.98 Å². The normalized spacial score (nSPS) is 19.3. The lowest BCUT2D eigenvalue weighted by Crippen LogP contribution is -2.40. The highest BCUT2D eigenvalue weighted by Crippen LogP contribution is 2.25. The maximum absolute atomic E-state index is 11.3. The first-order chi connectivity index (χ1) is 8.02. The number of anilines is 1. The van der Waals surface area contributed by atoms with Gasteiger partial charge in [-0.2, -0.15) is 0 Å². The molecule has 5 nitrogen and oxygen atoms in total. The molecule has 0 bridgehead atoms. The van der Waals surface area contributed by atoms with E-state index < -0.39 is 9.84 Å². The van der Waals surface area contributed by atoms with Crippen molar-refractivity contribution in [3.8, 4) is 0 Å². The molecule has 0 aliphatic carbocycles. The van der Waals surface area contributed by atoms with Gasteiger partial charge in [0.2, 0.25) is 0 Å². The number of aromatic nitrogens is 1. The van der Waals surface area contributed by atoms with Crippen LogP contribution in [0.15, 0.2) is 12.3 Å². The first-order valence-corrected chi connectivity index (χ1v) is 7.51. The minimum Gasteiger partial charge on any atom is -0.353 e. The minimum absolute atomic E-state index is 0.156. The summed E-state index contributed by atoms with van der Waals surface area (Å²) in [5.41, 5.74) is 6.36. The molecule has 1 aromatic heterocycles. The van der Waals surface area contributed by atoms with Crippen molar-refractivity contribution >= 4 is 27.3 Å². The SMILES string of the molecule is NCc1cnc(N2CCS(=O)(=O)CC2)c(Cl)c1. The molecule has 0 aromatic carbocycles. The van der Waals surface area contributed by atoms with E-state index in [0.717, 1.165) is 5.56 Å². The van der Waals surface area contributed by atoms with E-state index in [1.807, 2.05) is 4.90 Å². The zero-order chi connectivity index (χ0) is 12.5. The first kappa shape index (κ1) is 12.6. The van der Waals surface area contributed by atoms with E-state index in [4.69, 9.17) is 17.3 Å². The smallest absolute Gasteiger partial charge is 0.153 e. The number of halogens is 1. The molecule has 1 saturated heterocycles. The number of rotatable bonds is 2. The van der Waals surface area contributed by atoms with Crippen LogP contribution in [0.5, 0.6) is 0 Å². The summed E-state index contributed by atoms with van der Waals surface area (Å²) in [6, 6.07) is 1.77. The lowest BCUT2D eigenvalue weighted by atomic mass is 10.3. The van der Waals surface area contributed by atoms with Crippen molar-refractivity contribution in [2.75, 3.05) is 29.5 Å². The van der Waals surface area contributed by atoms with E-state index in [-0.39, 0.29) is 11.5 Å². The number of pyridine rings is 1. The Hall–Kier alpha value is -0.850. The average molecular weight is 276 g/mol. The number of nitrogens with two attached hydrogens (primary N) is 1. The van der Waals surface area contributed by atoms with E-state index in [1.54, 1.807) is 12.3 Å². The summed E-state index contributed by atoms with van der Waals surface area (Å²) in [5, 5.41) is 0.521. The molecule has 0 unspecified atom stereocenters. The maximum atomic E-state index is 11.3. The summed E-state index contributed by atoms with van der Waals surface area (Å²) in [6.07, 6.45) is 1.67. The summed E-state index contributed by atoms with van der Waals surface area (Å²) in [6.45, 7) is 1.27. The van der Waals surface area contributed by atoms with Crippen LogP contribution < -0.4 is 10.6 Å². The van der Waals surface area contributed by atoms with Gasteiger partial charge in [0, 0.05) is 25.8 Å². The van der Waals surface area contributed by atoms with Gasteiger partial charge in [-0.05, 0) is 11.6 Å². The van der Waals surface area contributed by atoms with Crippen molar-refractivity contribution in [1.82, 2.24) is 4.98 Å². The molecule has 94 valence electrons. The Kier molecular flexibility index (Phi) is 3.56. The van der Waals surface area contributed by atoms with Gasteiger partial charge in [-0.15, -0.1) is 0 Å². The fraction of sp³-hybridized carbons (Fsp3) is 0.500. The van der Waals surface area contributed by atoms with Crippen molar-refractivity contribution in [3.63, 3.8) is 0 Å². The van der Waals surface area contributed by atoms with E-state index in [0.29, 0.717) is 30.5 Å². The molecule has 0 radical (unpaired) electrons. The molecule has 1 aliphatic heterocycles. The second-order valence-corrected chi connectivity index (χ2v) is 6.70. The number of hydrogen-bond donors (Lipinski definition) is 1. The van der Waals surface area contributed by atoms with Gasteiger partial charge in [-0.1, -0.05) is 11.6 Å². The van der Waals surface area contributed by atoms with Gasteiger partial charge in [-0.3, -0.25) is 0 Å². The molecular weight excluding hydrogens is 262 g/mol. The van der Waals surface area contributed by atoms with Crippen LogP contribution in [0, 0.1) is 0 Å². The molecule has 17 heavy (non-hydrogen) atoms. The molecule has 1 aliphatic rings. The zero-order valence-electron chi connectivity index (χ0n) is 9.26. The van der Waals surface area contributed by atoms with E-state index >= 15 is 0 Å². The summed E-state index contributed by atoms with van der Waals surface area (Å²) < 4.78 is 22.6. The van der Waals surface area contributed by atoms with Crippen LogP contribution in [-0.4, -0.2) is 38.0 Å². The highest BCUT2D eigenvalue weighted by Gasteiger charge is 2.23. The molecule has 2 heterocycles. The number of nitrogens with zero attached hydrogens (tertiary/aromatic N) is 2. The Morgan fingerprint density at radius 1 is 1.41 bits per heavy atom. The Balaban J connectivity index is 2.19. The summed E-state index contributed by atoms with van der Waals surface area (Å²) in [5.74, 6) is 0.951. The highest BCUT2D eigenvalue weighted by molar-refractivity contribution is 7.91. The van der Waals surface area contributed by atoms with Crippen LogP contribution in [0.4, 0.5) is 5.82 Å². The molecule has 2 rings (SSSR count). The number of sulfone groups is 1. The molecule has 0 spiro atoms. The Bertz CT molecular complexity index is 504. The monoisotopic (exact) mass is 275 g/mol. The Labute approximate surface area is 105 Å². The highest BCUT2D eigenvalue weighted by atomic mass is 35.5. The third-order valence-electron chi connectivity index (χ3n) is 2.76. The maximum Gasteiger partial charge on any atom is 0.153 e. The zero-order valence-corrected chi connectivity index (χ0v) is 10.8. The van der Waals surface area contributed by atoms with Gasteiger partial charge < -0.3 is 10.6 Å². The van der Waals surface area contributed by atoms with Crippen LogP contribution in [-0.2, 0) is 16.4 Å². The van der Waals surface area contributed by atoms with E-state index in [9.17, 15) is 8.42 Å². The van der Waals surface area contributed by atoms with Crippen LogP contribution in [0.1, 0.15) is 5.56 Å². The number of hydrogen-bond acceptors (Lipinski definition) is 5. The summed E-state index contributed by atoms with van der Waals surface area (Å²) >= 11 is 6.10. The second kappa shape index (κ2) is 4.80. The fourth-order valence-corrected chi connectivity index (χ4v) is 3.25. The lowest BCUT2D eigenvalue weighted by molar-refractivity contribution is 0.586. The van der Waals surface area contributed by atoms with Crippen molar-refractivity contribution in [2.45, 2.75) is 6.54 Å². The van der Waals surface area contributed by atoms with Crippen molar-refractivity contribution in [1.29, 1.82) is 0 Å². The quantitative estimate of drug-likeness (QED) is 0.847. The van der Waals surface area contributed by atoms with Crippen LogP contribution in [0.3, 0.4) is 0 Å². The standard InChI is InChI=1S/C10H14ClN3O2S/c11-9-5-8(6-12)7-13-10(9)14-1-3-17(15,16)4-2-14/h5,7H,1-4,6,12H2. The fourth-order valence-electron chi connectivity index (χ4n) is 1.74. The van der Waals surface area contributed by atoms with Crippen LogP contribution in [0.2, 0.25) is 5.02 Å². The lowest BCUT2D eigenvalue weighted by Gasteiger charge is -2.28. The van der Waals surface area contributed by atoms with Gasteiger partial charge in [0.25, 0.3) is 0 Å². The van der Waals surface area contributed by atoms with Gasteiger partial charge >= 0.3 is 0 Å². The molecule has 0 amide bonds. The largest absolute Gasteiger partial charge is 0.353 e. The first-order valence-electron chi connectivity index (χ1n) is 5.32. The van der Waals surface area contributed by atoms with Gasteiger partial charge in [0.1, 0.15) is 5.82 Å². The molecule has 7 heteroatoms. The molecule has 0 atom stereocenters. The van der Waals surface area contributed by atoms with Crippen LogP contribution >= 0.6 is 11.6 Å². The Morgan fingerprint density at radius 3 is 2.59 bits per heavy atom. The Morgan fingerprint density at radius 2 is 2.06 bits per heavy atom. The summed E-state index contributed by atoms with van der Waals surface area (Å²) in [4.78, 5) is 6.13.